The van der Waals surface area contributed by atoms with Crippen LogP contribution in [0.3, 0.4) is 0 Å². The van der Waals surface area contributed by atoms with Crippen LogP contribution in [0, 0.1) is 0 Å². The maximum atomic E-state index is 2.47. The van der Waals surface area contributed by atoms with E-state index in [2.05, 4.69) is 220 Å². The predicted molar refractivity (Wildman–Crippen MR) is 232 cm³/mol. The van der Waals surface area contributed by atoms with Crippen molar-refractivity contribution in [3.63, 3.8) is 0 Å². The minimum absolute atomic E-state index is 0.112. The number of hydrogen-bond acceptors (Lipinski definition) is 0. The van der Waals surface area contributed by atoms with Crippen LogP contribution in [-0.4, -0.2) is 13.4 Å². The Bertz CT molecular complexity index is 2530. The molecule has 8 aromatic carbocycles. The highest BCUT2D eigenvalue weighted by molar-refractivity contribution is 6.96. The van der Waals surface area contributed by atoms with E-state index in [0.29, 0.717) is 0 Å². The number of rotatable bonds is 8. The Labute approximate surface area is 314 Å². The van der Waals surface area contributed by atoms with Crippen LogP contribution < -0.4 is 32.8 Å². The fraction of sp³-hybridized carbons (Fsp3) is 0.0588. The molecule has 0 nitrogen and oxygen atoms in total. The third-order valence-corrected chi connectivity index (χ3v) is 11.3. The van der Waals surface area contributed by atoms with Crippen molar-refractivity contribution >= 4 is 69.1 Å². The molecule has 53 heavy (non-hydrogen) atoms. The van der Waals surface area contributed by atoms with E-state index in [1.165, 1.54) is 76.9 Å². The van der Waals surface area contributed by atoms with E-state index in [1.54, 1.807) is 0 Å². The van der Waals surface area contributed by atoms with Crippen LogP contribution in [0.5, 0.6) is 0 Å². The van der Waals surface area contributed by atoms with Crippen LogP contribution in [0.25, 0.3) is 34.1 Å². The lowest BCUT2D eigenvalue weighted by atomic mass is 9.36. The fourth-order valence-corrected chi connectivity index (χ4v) is 8.53. The molecule has 0 radical (unpaired) electrons. The van der Waals surface area contributed by atoms with Crippen LogP contribution in [0.1, 0.15) is 36.1 Å². The maximum absolute atomic E-state index is 2.47. The summed E-state index contributed by atoms with van der Waals surface area (Å²) >= 11 is 0. The summed E-state index contributed by atoms with van der Waals surface area (Å²) in [7, 11) is 0. The monoisotopic (exact) mass is 674 g/mol. The number of hydrogen-bond donors (Lipinski definition) is 0. The quantitative estimate of drug-likeness (QED) is 0.112. The summed E-state index contributed by atoms with van der Waals surface area (Å²) in [6.45, 7) is 5.11. The van der Waals surface area contributed by atoms with Gasteiger partial charge in [0.05, 0.1) is 0 Å². The molecular formula is C51H40B2. The van der Waals surface area contributed by atoms with E-state index in [-0.39, 0.29) is 18.8 Å². The molecule has 0 amide bonds. The molecule has 1 aliphatic rings. The average molecular weight is 675 g/mol. The van der Waals surface area contributed by atoms with Crippen LogP contribution in [-0.2, 0) is 5.41 Å². The second-order valence-electron chi connectivity index (χ2n) is 14.9. The molecule has 8 aromatic rings. The summed E-state index contributed by atoms with van der Waals surface area (Å²) in [5.41, 5.74) is 15.7. The molecule has 0 spiro atoms. The first-order chi connectivity index (χ1) is 26.0. The molecule has 0 saturated carbocycles. The van der Waals surface area contributed by atoms with E-state index >= 15 is 0 Å². The molecule has 0 unspecified atom stereocenters. The van der Waals surface area contributed by atoms with Crippen molar-refractivity contribution in [2.24, 2.45) is 0 Å². The van der Waals surface area contributed by atoms with Gasteiger partial charge in [-0.2, -0.15) is 0 Å². The van der Waals surface area contributed by atoms with Gasteiger partial charge in [-0.05, 0) is 44.2 Å². The van der Waals surface area contributed by atoms with Gasteiger partial charge < -0.3 is 0 Å². The number of fused-ring (bicyclic) bond motifs is 4. The van der Waals surface area contributed by atoms with Crippen molar-refractivity contribution in [2.45, 2.75) is 19.3 Å². The molecule has 0 aliphatic heterocycles. The van der Waals surface area contributed by atoms with Gasteiger partial charge in [0.25, 0.3) is 0 Å². The molecule has 9 rings (SSSR count). The lowest BCUT2D eigenvalue weighted by molar-refractivity contribution is 0.660. The molecular weight excluding hydrogens is 634 g/mol. The van der Waals surface area contributed by atoms with Crippen molar-refractivity contribution < 1.29 is 0 Å². The third-order valence-electron chi connectivity index (χ3n) is 11.3. The summed E-state index contributed by atoms with van der Waals surface area (Å²) in [5, 5.41) is 2.54. The number of benzene rings is 8. The van der Waals surface area contributed by atoms with Gasteiger partial charge in [-0.3, -0.25) is 0 Å². The Balaban J connectivity index is 0.998. The second kappa shape index (κ2) is 13.8. The molecule has 0 atom stereocenters. The van der Waals surface area contributed by atoms with Crippen molar-refractivity contribution in [3.05, 3.63) is 216 Å². The molecule has 0 saturated heterocycles. The van der Waals surface area contributed by atoms with Crippen LogP contribution in [0.4, 0.5) is 0 Å². The van der Waals surface area contributed by atoms with Gasteiger partial charge in [-0.25, -0.2) is 0 Å². The summed E-state index contributed by atoms with van der Waals surface area (Å²) < 4.78 is 0. The third kappa shape index (κ3) is 6.25. The Morgan fingerprint density at radius 2 is 0.755 bits per heavy atom. The largest absolute Gasteiger partial charge is 0.241 e. The summed E-state index contributed by atoms with van der Waals surface area (Å²) in [4.78, 5) is 0. The molecule has 0 heterocycles. The average Bonchev–Trinajstić information content (AvgIpc) is 3.44. The molecule has 0 bridgehead atoms. The maximum Gasteiger partial charge on any atom is 0.241 e. The van der Waals surface area contributed by atoms with Crippen molar-refractivity contribution in [3.8, 4) is 11.1 Å². The Morgan fingerprint density at radius 1 is 0.340 bits per heavy atom. The standard InChI is InChI=1S/C51H40B2/c1-51(2)49-34-38(26-32-47(49)48-33-31-46(36-50(48)51)52(41-16-6-3-7-17-41)42-18-8-4-9-19-42)23-22-37-24-28-44(29-25-37)53(43-20-10-5-11-21-43)45-30-27-39-14-12-13-15-40(39)35-45/h3-36H,1-2H3/b23-22+. The van der Waals surface area contributed by atoms with Crippen molar-refractivity contribution in [1.82, 2.24) is 0 Å². The van der Waals surface area contributed by atoms with Crippen molar-refractivity contribution in [1.29, 1.82) is 0 Å². The topological polar surface area (TPSA) is 0 Å². The highest BCUT2D eigenvalue weighted by Gasteiger charge is 2.36. The van der Waals surface area contributed by atoms with Gasteiger partial charge in [0.15, 0.2) is 0 Å². The molecule has 2 heteroatoms. The summed E-state index contributed by atoms with van der Waals surface area (Å²) in [5.74, 6) is 0. The zero-order chi connectivity index (χ0) is 35.8. The minimum atomic E-state index is -0.112. The Hall–Kier alpha value is -6.11. The van der Waals surface area contributed by atoms with Gasteiger partial charge in [-0.15, -0.1) is 0 Å². The first-order valence-electron chi connectivity index (χ1n) is 18.7. The van der Waals surface area contributed by atoms with Gasteiger partial charge in [-0.1, -0.05) is 253 Å². The molecule has 0 fully saturated rings. The highest BCUT2D eigenvalue weighted by Crippen LogP contribution is 2.48. The minimum Gasteiger partial charge on any atom is -0.0687 e. The first kappa shape index (κ1) is 32.8. The van der Waals surface area contributed by atoms with Crippen LogP contribution in [0.2, 0.25) is 0 Å². The highest BCUT2D eigenvalue weighted by atomic mass is 14.4. The van der Waals surface area contributed by atoms with Gasteiger partial charge in [0.2, 0.25) is 13.4 Å². The lowest BCUT2D eigenvalue weighted by Crippen LogP contribution is -2.52. The fourth-order valence-electron chi connectivity index (χ4n) is 8.53. The lowest BCUT2D eigenvalue weighted by Gasteiger charge is -2.24. The summed E-state index contributed by atoms with van der Waals surface area (Å²) in [6.07, 6.45) is 4.51. The van der Waals surface area contributed by atoms with Gasteiger partial charge >= 0.3 is 0 Å². The first-order valence-corrected chi connectivity index (χ1v) is 18.7. The van der Waals surface area contributed by atoms with Crippen molar-refractivity contribution in [2.75, 3.05) is 0 Å². The van der Waals surface area contributed by atoms with Crippen LogP contribution >= 0.6 is 0 Å². The molecule has 1 aliphatic carbocycles. The SMILES string of the molecule is CC1(C)c2cc(/C=C/c3ccc(B(c4ccccc4)c4ccc5ccccc5c4)cc3)ccc2-c2ccc(B(c3ccccc3)c3ccccc3)cc21. The molecule has 0 N–H and O–H groups in total. The normalized spacial score (nSPS) is 12.8. The van der Waals surface area contributed by atoms with E-state index in [9.17, 15) is 0 Å². The Morgan fingerprint density at radius 3 is 1.36 bits per heavy atom. The predicted octanol–water partition coefficient (Wildman–Crippen LogP) is 8.35. The van der Waals surface area contributed by atoms with E-state index < -0.39 is 0 Å². The van der Waals surface area contributed by atoms with Gasteiger partial charge in [0.1, 0.15) is 0 Å². The zero-order valence-electron chi connectivity index (χ0n) is 30.3. The molecule has 250 valence electrons. The smallest absolute Gasteiger partial charge is 0.0687 e. The van der Waals surface area contributed by atoms with E-state index in [4.69, 9.17) is 0 Å². The zero-order valence-corrected chi connectivity index (χ0v) is 30.3. The van der Waals surface area contributed by atoms with Gasteiger partial charge in [0, 0.05) is 5.41 Å². The summed E-state index contributed by atoms with van der Waals surface area (Å²) in [6, 6.07) is 71.4. The van der Waals surface area contributed by atoms with Crippen LogP contribution in [0.15, 0.2) is 194 Å². The second-order valence-corrected chi connectivity index (χ2v) is 14.9. The molecule has 0 aromatic heterocycles. The Kier molecular flexibility index (Phi) is 8.53. The van der Waals surface area contributed by atoms with E-state index in [1.807, 2.05) is 0 Å². The van der Waals surface area contributed by atoms with E-state index in [0.717, 1.165) is 0 Å².